The first-order valence-corrected chi connectivity index (χ1v) is 7.84. The zero-order valence-electron chi connectivity index (χ0n) is 12.6. The van der Waals surface area contributed by atoms with Gasteiger partial charge in [0.2, 0.25) is 0 Å². The fourth-order valence-electron chi connectivity index (χ4n) is 2.64. The highest BCUT2D eigenvalue weighted by atomic mass is 35.5. The Morgan fingerprint density at radius 2 is 1.96 bits per heavy atom. The molecule has 1 aliphatic heterocycles. The van der Waals surface area contributed by atoms with Crippen LogP contribution in [0.25, 0.3) is 10.9 Å². The minimum Gasteiger partial charge on any atom is -0.486 e. The number of aromatic nitrogens is 1. The summed E-state index contributed by atoms with van der Waals surface area (Å²) < 4.78 is 11.0. The third-order valence-electron chi connectivity index (χ3n) is 3.74. The summed E-state index contributed by atoms with van der Waals surface area (Å²) in [6.45, 7) is 0.877. The fourth-order valence-corrected chi connectivity index (χ4v) is 2.91. The molecule has 2 heterocycles. The predicted molar refractivity (Wildman–Crippen MR) is 92.1 cm³/mol. The summed E-state index contributed by atoms with van der Waals surface area (Å²) in [5.41, 5.74) is 1.78. The normalized spacial score (nSPS) is 12.9. The number of anilines is 1. The summed E-state index contributed by atoms with van der Waals surface area (Å²) in [5.74, 6) is 0.674. The lowest BCUT2D eigenvalue weighted by atomic mass is 10.1. The largest absolute Gasteiger partial charge is 0.486 e. The lowest BCUT2D eigenvalue weighted by Crippen LogP contribution is -2.18. The number of nitrogens with one attached hydrogen (secondary N) is 1. The van der Waals surface area contributed by atoms with E-state index in [1.807, 2.05) is 30.3 Å². The molecule has 0 saturated carbocycles. The Hall–Kier alpha value is -2.79. The number of ether oxygens (including phenoxy) is 2. The number of amides is 1. The van der Waals surface area contributed by atoms with Crippen LogP contribution in [0, 0.1) is 0 Å². The number of pyridine rings is 1. The molecule has 2 aromatic carbocycles. The van der Waals surface area contributed by atoms with E-state index in [1.54, 1.807) is 18.3 Å². The Balaban J connectivity index is 1.68. The average Bonchev–Trinajstić information content (AvgIpc) is 2.62. The molecule has 0 bridgehead atoms. The van der Waals surface area contributed by atoms with Gasteiger partial charge in [0.05, 0.1) is 16.2 Å². The Morgan fingerprint density at radius 3 is 2.88 bits per heavy atom. The Morgan fingerprint density at radius 1 is 1.12 bits per heavy atom. The van der Waals surface area contributed by atoms with Gasteiger partial charge in [0.15, 0.2) is 11.5 Å². The van der Waals surface area contributed by atoms with Gasteiger partial charge in [-0.25, -0.2) is 0 Å². The standard InChI is InChI=1S/C18H13ClN2O3/c19-13-9-12(10-15-17(13)24-8-7-23-15)18(22)21-14-5-1-3-11-4-2-6-20-16(11)14/h1-6,9-10H,7-8H2,(H,21,22). The maximum absolute atomic E-state index is 12.6. The molecule has 1 aliphatic rings. The minimum absolute atomic E-state index is 0.285. The number of carbonyl (C=O) groups excluding carboxylic acids is 1. The second-order valence-electron chi connectivity index (χ2n) is 5.32. The third-order valence-corrected chi connectivity index (χ3v) is 4.02. The van der Waals surface area contributed by atoms with Crippen molar-refractivity contribution in [2.45, 2.75) is 0 Å². The van der Waals surface area contributed by atoms with Gasteiger partial charge < -0.3 is 14.8 Å². The van der Waals surface area contributed by atoms with Gasteiger partial charge in [-0.05, 0) is 24.3 Å². The quantitative estimate of drug-likeness (QED) is 0.768. The minimum atomic E-state index is -0.285. The molecule has 4 rings (SSSR count). The van der Waals surface area contributed by atoms with Crippen LogP contribution in [0.15, 0.2) is 48.7 Å². The van der Waals surface area contributed by atoms with Crippen molar-refractivity contribution in [2.75, 3.05) is 18.5 Å². The second kappa shape index (κ2) is 6.02. The number of hydrogen-bond donors (Lipinski definition) is 1. The molecule has 0 spiro atoms. The highest BCUT2D eigenvalue weighted by Crippen LogP contribution is 2.38. The first kappa shape index (κ1) is 14.8. The van der Waals surface area contributed by atoms with Crippen LogP contribution in [0.1, 0.15) is 10.4 Å². The monoisotopic (exact) mass is 340 g/mol. The van der Waals surface area contributed by atoms with Gasteiger partial charge in [0.25, 0.3) is 5.91 Å². The van der Waals surface area contributed by atoms with Crippen molar-refractivity contribution in [3.8, 4) is 11.5 Å². The molecule has 0 saturated heterocycles. The van der Waals surface area contributed by atoms with Crippen molar-refractivity contribution in [1.29, 1.82) is 0 Å². The molecule has 0 aliphatic carbocycles. The van der Waals surface area contributed by atoms with E-state index in [4.69, 9.17) is 21.1 Å². The maximum atomic E-state index is 12.6. The summed E-state index contributed by atoms with van der Waals surface area (Å²) in [4.78, 5) is 16.9. The molecule has 0 radical (unpaired) electrons. The van der Waals surface area contributed by atoms with Crippen LogP contribution in [-0.2, 0) is 0 Å². The van der Waals surface area contributed by atoms with Crippen molar-refractivity contribution in [3.63, 3.8) is 0 Å². The van der Waals surface area contributed by atoms with Crippen LogP contribution < -0.4 is 14.8 Å². The molecule has 5 nitrogen and oxygen atoms in total. The number of carbonyl (C=O) groups is 1. The fraction of sp³-hybridized carbons (Fsp3) is 0.111. The SMILES string of the molecule is O=C(Nc1cccc2cccnc12)c1cc(Cl)c2c(c1)OCCO2. The summed E-state index contributed by atoms with van der Waals surface area (Å²) in [5, 5.41) is 4.19. The molecular formula is C18H13ClN2O3. The highest BCUT2D eigenvalue weighted by Gasteiger charge is 2.19. The van der Waals surface area contributed by atoms with Crippen LogP contribution in [0.5, 0.6) is 11.5 Å². The first-order valence-electron chi connectivity index (χ1n) is 7.46. The van der Waals surface area contributed by atoms with Gasteiger partial charge in [0.1, 0.15) is 13.2 Å². The van der Waals surface area contributed by atoms with Gasteiger partial charge in [-0.3, -0.25) is 9.78 Å². The van der Waals surface area contributed by atoms with Gasteiger partial charge in [-0.2, -0.15) is 0 Å². The van der Waals surface area contributed by atoms with Crippen molar-refractivity contribution in [3.05, 3.63) is 59.2 Å². The number of nitrogens with zero attached hydrogens (tertiary/aromatic N) is 1. The number of halogens is 1. The molecule has 1 N–H and O–H groups in total. The van der Waals surface area contributed by atoms with E-state index in [2.05, 4.69) is 10.3 Å². The van der Waals surface area contributed by atoms with Crippen LogP contribution in [0.3, 0.4) is 0 Å². The molecular weight excluding hydrogens is 328 g/mol. The zero-order valence-corrected chi connectivity index (χ0v) is 13.3. The first-order chi connectivity index (χ1) is 11.7. The molecule has 3 aromatic rings. The zero-order chi connectivity index (χ0) is 16.5. The number of para-hydroxylation sites is 1. The summed E-state index contributed by atoms with van der Waals surface area (Å²) in [6.07, 6.45) is 1.69. The Kier molecular flexibility index (Phi) is 3.70. The van der Waals surface area contributed by atoms with E-state index in [1.165, 1.54) is 0 Å². The van der Waals surface area contributed by atoms with E-state index >= 15 is 0 Å². The van der Waals surface area contributed by atoms with E-state index in [0.29, 0.717) is 41.0 Å². The van der Waals surface area contributed by atoms with Gasteiger partial charge >= 0.3 is 0 Å². The Labute approximate surface area is 143 Å². The van der Waals surface area contributed by atoms with Crippen molar-refractivity contribution >= 4 is 34.1 Å². The number of rotatable bonds is 2. The predicted octanol–water partition coefficient (Wildman–Crippen LogP) is 3.91. The van der Waals surface area contributed by atoms with Crippen LogP contribution in [0.4, 0.5) is 5.69 Å². The van der Waals surface area contributed by atoms with E-state index < -0.39 is 0 Å². The van der Waals surface area contributed by atoms with Crippen LogP contribution >= 0.6 is 11.6 Å². The molecule has 6 heteroatoms. The second-order valence-corrected chi connectivity index (χ2v) is 5.72. The van der Waals surface area contributed by atoms with Gasteiger partial charge in [-0.15, -0.1) is 0 Å². The molecule has 1 aromatic heterocycles. The number of hydrogen-bond acceptors (Lipinski definition) is 4. The van der Waals surface area contributed by atoms with Gasteiger partial charge in [0, 0.05) is 17.1 Å². The Bertz CT molecular complexity index is 937. The van der Waals surface area contributed by atoms with Crippen LogP contribution in [-0.4, -0.2) is 24.1 Å². The summed E-state index contributed by atoms with van der Waals surface area (Å²) in [7, 11) is 0. The topological polar surface area (TPSA) is 60.5 Å². The smallest absolute Gasteiger partial charge is 0.255 e. The van der Waals surface area contributed by atoms with Crippen LogP contribution in [0.2, 0.25) is 5.02 Å². The van der Waals surface area contributed by atoms with E-state index in [-0.39, 0.29) is 5.91 Å². The van der Waals surface area contributed by atoms with Crippen molar-refractivity contribution in [1.82, 2.24) is 4.98 Å². The molecule has 1 amide bonds. The summed E-state index contributed by atoms with van der Waals surface area (Å²) >= 11 is 6.19. The average molecular weight is 341 g/mol. The maximum Gasteiger partial charge on any atom is 0.255 e. The van der Waals surface area contributed by atoms with E-state index in [9.17, 15) is 4.79 Å². The van der Waals surface area contributed by atoms with Crippen molar-refractivity contribution < 1.29 is 14.3 Å². The number of benzene rings is 2. The van der Waals surface area contributed by atoms with Crippen molar-refractivity contribution in [2.24, 2.45) is 0 Å². The lowest BCUT2D eigenvalue weighted by Gasteiger charge is -2.20. The lowest BCUT2D eigenvalue weighted by molar-refractivity contribution is 0.102. The van der Waals surface area contributed by atoms with E-state index in [0.717, 1.165) is 10.9 Å². The highest BCUT2D eigenvalue weighted by molar-refractivity contribution is 6.32. The third kappa shape index (κ3) is 2.63. The molecule has 120 valence electrons. The van der Waals surface area contributed by atoms with Gasteiger partial charge in [-0.1, -0.05) is 29.8 Å². The molecule has 0 fully saturated rings. The molecule has 0 unspecified atom stereocenters. The summed E-state index contributed by atoms with van der Waals surface area (Å²) in [6, 6.07) is 12.6. The molecule has 0 atom stereocenters. The molecule has 24 heavy (non-hydrogen) atoms. The number of fused-ring (bicyclic) bond motifs is 2.